The van der Waals surface area contributed by atoms with E-state index in [4.69, 9.17) is 0 Å². The molecule has 0 saturated heterocycles. The molecule has 0 bridgehead atoms. The van der Waals surface area contributed by atoms with E-state index in [1.165, 1.54) is 6.07 Å². The van der Waals surface area contributed by atoms with Crippen LogP contribution in [-0.4, -0.2) is 22.0 Å². The number of H-pyrrole nitrogens is 1. The molecule has 1 atom stereocenters. The highest BCUT2D eigenvalue weighted by atomic mass is 16.3. The number of aliphatic hydroxyl groups is 1. The van der Waals surface area contributed by atoms with Crippen LogP contribution in [0.4, 0.5) is 0 Å². The average molecular weight is 250 g/mol. The Balaban J connectivity index is 2.40. The highest BCUT2D eigenvalue weighted by molar-refractivity contribution is 5.94. The second kappa shape index (κ2) is 4.94. The van der Waals surface area contributed by atoms with E-state index in [1.807, 2.05) is 13.8 Å². The standard InChI is InChI=1S/C13H18N2O3/c1-7(2)14-12(17)9-6-8-10(15-13(9)18)4-3-5-11(8)16/h6-7,11,16H,3-5H2,1-2H3,(H,14,17)(H,15,18). The van der Waals surface area contributed by atoms with Gasteiger partial charge in [0.15, 0.2) is 0 Å². The van der Waals surface area contributed by atoms with Crippen LogP contribution in [0.2, 0.25) is 0 Å². The first-order chi connectivity index (χ1) is 8.49. The van der Waals surface area contributed by atoms with Gasteiger partial charge in [0, 0.05) is 17.3 Å². The minimum absolute atomic E-state index is 0.0298. The van der Waals surface area contributed by atoms with Crippen molar-refractivity contribution in [2.24, 2.45) is 0 Å². The fourth-order valence-corrected chi connectivity index (χ4v) is 2.23. The maximum absolute atomic E-state index is 11.9. The summed E-state index contributed by atoms with van der Waals surface area (Å²) in [5.74, 6) is -0.396. The molecule has 0 radical (unpaired) electrons. The smallest absolute Gasteiger partial charge is 0.261 e. The third kappa shape index (κ3) is 2.46. The summed E-state index contributed by atoms with van der Waals surface area (Å²) in [6.45, 7) is 3.67. The number of aromatic amines is 1. The zero-order valence-electron chi connectivity index (χ0n) is 10.6. The van der Waals surface area contributed by atoms with Gasteiger partial charge in [-0.1, -0.05) is 0 Å². The lowest BCUT2D eigenvalue weighted by molar-refractivity contribution is 0.0941. The molecule has 0 saturated carbocycles. The minimum atomic E-state index is -0.587. The van der Waals surface area contributed by atoms with Crippen molar-refractivity contribution in [3.63, 3.8) is 0 Å². The van der Waals surface area contributed by atoms with Crippen molar-refractivity contribution >= 4 is 5.91 Å². The first-order valence-electron chi connectivity index (χ1n) is 6.24. The summed E-state index contributed by atoms with van der Waals surface area (Å²) >= 11 is 0. The van der Waals surface area contributed by atoms with Gasteiger partial charge >= 0.3 is 0 Å². The van der Waals surface area contributed by atoms with Gasteiger partial charge in [0.25, 0.3) is 11.5 Å². The van der Waals surface area contributed by atoms with E-state index >= 15 is 0 Å². The van der Waals surface area contributed by atoms with Crippen LogP contribution < -0.4 is 10.9 Å². The van der Waals surface area contributed by atoms with Gasteiger partial charge in [-0.05, 0) is 39.2 Å². The molecule has 1 aromatic rings. The monoisotopic (exact) mass is 250 g/mol. The third-order valence-corrected chi connectivity index (χ3v) is 3.09. The van der Waals surface area contributed by atoms with Gasteiger partial charge in [0.05, 0.1) is 6.10 Å². The van der Waals surface area contributed by atoms with Gasteiger partial charge < -0.3 is 15.4 Å². The molecule has 1 amide bonds. The summed E-state index contributed by atoms with van der Waals surface area (Å²) in [7, 11) is 0. The number of carbonyl (C=O) groups excluding carboxylic acids is 1. The molecule has 0 aromatic carbocycles. The van der Waals surface area contributed by atoms with E-state index in [1.54, 1.807) is 0 Å². The van der Waals surface area contributed by atoms with Crippen molar-refractivity contribution in [1.82, 2.24) is 10.3 Å². The van der Waals surface area contributed by atoms with Crippen molar-refractivity contribution in [1.29, 1.82) is 0 Å². The molecule has 2 rings (SSSR count). The molecule has 98 valence electrons. The highest BCUT2D eigenvalue weighted by Gasteiger charge is 2.22. The molecule has 1 unspecified atom stereocenters. The normalized spacial score (nSPS) is 18.6. The zero-order chi connectivity index (χ0) is 13.3. The molecular formula is C13H18N2O3. The molecular weight excluding hydrogens is 232 g/mol. The third-order valence-electron chi connectivity index (χ3n) is 3.09. The largest absolute Gasteiger partial charge is 0.388 e. The van der Waals surface area contributed by atoms with E-state index in [2.05, 4.69) is 10.3 Å². The summed E-state index contributed by atoms with van der Waals surface area (Å²) in [5.41, 5.74) is 1.11. The van der Waals surface area contributed by atoms with Gasteiger partial charge in [-0.25, -0.2) is 0 Å². The second-order valence-corrected chi connectivity index (χ2v) is 4.98. The van der Waals surface area contributed by atoms with E-state index in [-0.39, 0.29) is 17.2 Å². The number of aliphatic hydroxyl groups excluding tert-OH is 1. The summed E-state index contributed by atoms with van der Waals surface area (Å²) in [6.07, 6.45) is 1.68. The van der Waals surface area contributed by atoms with E-state index in [0.29, 0.717) is 12.0 Å². The predicted molar refractivity (Wildman–Crippen MR) is 67.6 cm³/mol. The van der Waals surface area contributed by atoms with Gasteiger partial charge in [-0.3, -0.25) is 9.59 Å². The summed E-state index contributed by atoms with van der Waals surface area (Å²) in [6, 6.07) is 1.49. The average Bonchev–Trinajstić information content (AvgIpc) is 2.27. The zero-order valence-corrected chi connectivity index (χ0v) is 10.6. The Kier molecular flexibility index (Phi) is 3.52. The molecule has 5 heteroatoms. The van der Waals surface area contributed by atoms with Crippen LogP contribution >= 0.6 is 0 Å². The topological polar surface area (TPSA) is 82.2 Å². The molecule has 5 nitrogen and oxygen atoms in total. The lowest BCUT2D eigenvalue weighted by Gasteiger charge is -2.21. The Morgan fingerprint density at radius 1 is 1.56 bits per heavy atom. The first-order valence-corrected chi connectivity index (χ1v) is 6.24. The second-order valence-electron chi connectivity index (χ2n) is 4.98. The Morgan fingerprint density at radius 3 is 2.94 bits per heavy atom. The van der Waals surface area contributed by atoms with Gasteiger partial charge in [0.2, 0.25) is 0 Å². The van der Waals surface area contributed by atoms with Gasteiger partial charge in [-0.2, -0.15) is 0 Å². The summed E-state index contributed by atoms with van der Waals surface area (Å²) in [4.78, 5) is 26.4. The van der Waals surface area contributed by atoms with Crippen LogP contribution in [-0.2, 0) is 6.42 Å². The van der Waals surface area contributed by atoms with E-state index in [9.17, 15) is 14.7 Å². The van der Waals surface area contributed by atoms with Crippen molar-refractivity contribution in [3.8, 4) is 0 Å². The SMILES string of the molecule is CC(C)NC(=O)c1cc2c([nH]c1=O)CCCC2O. The summed E-state index contributed by atoms with van der Waals surface area (Å²) in [5, 5.41) is 12.6. The van der Waals surface area contributed by atoms with Crippen LogP contribution in [0, 0.1) is 0 Å². The summed E-state index contributed by atoms with van der Waals surface area (Å²) < 4.78 is 0. The van der Waals surface area contributed by atoms with Crippen LogP contribution in [0.1, 0.15) is 54.4 Å². The van der Waals surface area contributed by atoms with Crippen molar-refractivity contribution in [3.05, 3.63) is 33.2 Å². The number of pyridine rings is 1. The van der Waals surface area contributed by atoms with Gasteiger partial charge in [0.1, 0.15) is 5.56 Å². The van der Waals surface area contributed by atoms with E-state index < -0.39 is 12.0 Å². The van der Waals surface area contributed by atoms with Crippen LogP contribution in [0.3, 0.4) is 0 Å². The number of hydrogen-bond donors (Lipinski definition) is 3. The van der Waals surface area contributed by atoms with Gasteiger partial charge in [-0.15, -0.1) is 0 Å². The van der Waals surface area contributed by atoms with Crippen LogP contribution in [0.5, 0.6) is 0 Å². The lowest BCUT2D eigenvalue weighted by atomic mass is 9.92. The number of aromatic nitrogens is 1. The Morgan fingerprint density at radius 2 is 2.28 bits per heavy atom. The number of rotatable bonds is 2. The van der Waals surface area contributed by atoms with Crippen molar-refractivity contribution in [2.45, 2.75) is 45.3 Å². The number of aryl methyl sites for hydroxylation is 1. The molecule has 0 fully saturated rings. The van der Waals surface area contributed by atoms with Crippen molar-refractivity contribution in [2.75, 3.05) is 0 Å². The fraction of sp³-hybridized carbons (Fsp3) is 0.538. The fourth-order valence-electron chi connectivity index (χ4n) is 2.23. The number of carbonyl (C=O) groups is 1. The van der Waals surface area contributed by atoms with Crippen molar-refractivity contribution < 1.29 is 9.90 Å². The van der Waals surface area contributed by atoms with Crippen LogP contribution in [0.15, 0.2) is 10.9 Å². The van der Waals surface area contributed by atoms with E-state index in [0.717, 1.165) is 18.5 Å². The predicted octanol–water partition coefficient (Wildman–Crippen LogP) is 0.883. The molecule has 0 aliphatic heterocycles. The molecule has 18 heavy (non-hydrogen) atoms. The highest BCUT2D eigenvalue weighted by Crippen LogP contribution is 2.27. The molecule has 1 aromatic heterocycles. The number of hydrogen-bond acceptors (Lipinski definition) is 3. The molecule has 1 heterocycles. The molecule has 3 N–H and O–H groups in total. The maximum atomic E-state index is 11.9. The number of amides is 1. The Bertz CT molecular complexity index is 519. The Labute approximate surface area is 105 Å². The Hall–Kier alpha value is -1.62. The maximum Gasteiger partial charge on any atom is 0.261 e. The lowest BCUT2D eigenvalue weighted by Crippen LogP contribution is -2.35. The number of fused-ring (bicyclic) bond motifs is 1. The molecule has 0 spiro atoms. The molecule has 1 aliphatic rings. The van der Waals surface area contributed by atoms with Crippen LogP contribution in [0.25, 0.3) is 0 Å². The minimum Gasteiger partial charge on any atom is -0.388 e. The first kappa shape index (κ1) is 12.8. The number of nitrogens with one attached hydrogen (secondary N) is 2. The molecule has 1 aliphatic carbocycles. The quantitative estimate of drug-likeness (QED) is 0.728.